The van der Waals surface area contributed by atoms with Gasteiger partial charge in [-0.25, -0.2) is 9.37 Å². The summed E-state index contributed by atoms with van der Waals surface area (Å²) in [6.45, 7) is 7.16. The number of nitrogens with one attached hydrogen (secondary N) is 1. The van der Waals surface area contributed by atoms with E-state index in [4.69, 9.17) is 0 Å². The third-order valence-corrected chi connectivity index (χ3v) is 4.17. The molecule has 1 heterocycles. The quantitative estimate of drug-likeness (QED) is 0.881. The second kappa shape index (κ2) is 6.26. The lowest BCUT2D eigenvalue weighted by Gasteiger charge is -2.09. The summed E-state index contributed by atoms with van der Waals surface area (Å²) in [5.74, 6) is -0.205. The summed E-state index contributed by atoms with van der Waals surface area (Å²) in [5, 5.41) is 4.31. The van der Waals surface area contributed by atoms with Crippen LogP contribution >= 0.6 is 11.3 Å². The molecular formula is C15H19FN2S. The van der Waals surface area contributed by atoms with Crippen LogP contribution in [0.15, 0.2) is 24.4 Å². The molecule has 1 atom stereocenters. The van der Waals surface area contributed by atoms with Gasteiger partial charge in [0.1, 0.15) is 10.8 Å². The Balaban J connectivity index is 2.20. The maximum atomic E-state index is 13.4. The molecule has 1 aromatic heterocycles. The monoisotopic (exact) mass is 278 g/mol. The van der Waals surface area contributed by atoms with E-state index < -0.39 is 0 Å². The molecule has 4 heteroatoms. The van der Waals surface area contributed by atoms with E-state index in [1.807, 2.05) is 19.2 Å². The normalized spacial score (nSPS) is 12.6. The van der Waals surface area contributed by atoms with Crippen molar-refractivity contribution in [2.24, 2.45) is 0 Å². The Morgan fingerprint density at radius 3 is 2.84 bits per heavy atom. The van der Waals surface area contributed by atoms with Gasteiger partial charge in [0.2, 0.25) is 0 Å². The Morgan fingerprint density at radius 1 is 1.37 bits per heavy atom. The summed E-state index contributed by atoms with van der Waals surface area (Å²) >= 11 is 1.62. The van der Waals surface area contributed by atoms with Crippen molar-refractivity contribution in [3.63, 3.8) is 0 Å². The van der Waals surface area contributed by atoms with Gasteiger partial charge in [0.15, 0.2) is 0 Å². The number of rotatable bonds is 5. The Kier molecular flexibility index (Phi) is 4.66. The van der Waals surface area contributed by atoms with E-state index in [0.717, 1.165) is 29.1 Å². The van der Waals surface area contributed by atoms with Crippen molar-refractivity contribution in [2.45, 2.75) is 33.2 Å². The summed E-state index contributed by atoms with van der Waals surface area (Å²) in [6.07, 6.45) is 2.99. The zero-order valence-electron chi connectivity index (χ0n) is 11.5. The van der Waals surface area contributed by atoms with Gasteiger partial charge in [0.25, 0.3) is 0 Å². The maximum Gasteiger partial charge on any atom is 0.124 e. The van der Waals surface area contributed by atoms with E-state index in [1.54, 1.807) is 17.4 Å². The summed E-state index contributed by atoms with van der Waals surface area (Å²) < 4.78 is 13.4. The number of hydrogen-bond acceptors (Lipinski definition) is 3. The van der Waals surface area contributed by atoms with Gasteiger partial charge in [-0.15, -0.1) is 11.3 Å². The van der Waals surface area contributed by atoms with Gasteiger partial charge in [-0.1, -0.05) is 6.92 Å². The number of nitrogens with zero attached hydrogens (tertiary/aromatic N) is 1. The van der Waals surface area contributed by atoms with Crippen LogP contribution in [-0.4, -0.2) is 11.5 Å². The largest absolute Gasteiger partial charge is 0.309 e. The lowest BCUT2D eigenvalue weighted by molar-refractivity contribution is 0.577. The summed E-state index contributed by atoms with van der Waals surface area (Å²) in [4.78, 5) is 5.60. The lowest BCUT2D eigenvalue weighted by Crippen LogP contribution is -2.18. The highest BCUT2D eigenvalue weighted by atomic mass is 32.1. The summed E-state index contributed by atoms with van der Waals surface area (Å²) in [6, 6.07) is 5.33. The van der Waals surface area contributed by atoms with Crippen molar-refractivity contribution in [1.29, 1.82) is 0 Å². The molecule has 0 fully saturated rings. The molecule has 1 unspecified atom stereocenters. The van der Waals surface area contributed by atoms with Crippen molar-refractivity contribution in [3.05, 3.63) is 40.7 Å². The second-order valence-corrected chi connectivity index (χ2v) is 5.82. The fourth-order valence-corrected chi connectivity index (χ4v) is 2.87. The first-order valence-electron chi connectivity index (χ1n) is 6.57. The molecule has 19 heavy (non-hydrogen) atoms. The molecule has 1 N–H and O–H groups in total. The van der Waals surface area contributed by atoms with E-state index in [1.165, 1.54) is 10.9 Å². The molecular weight excluding hydrogens is 259 g/mol. The molecule has 2 aromatic rings. The number of hydrogen-bond donors (Lipinski definition) is 1. The van der Waals surface area contributed by atoms with Crippen LogP contribution in [0.1, 0.15) is 36.8 Å². The topological polar surface area (TPSA) is 24.9 Å². The highest BCUT2D eigenvalue weighted by Gasteiger charge is 2.11. The Labute approximate surface area is 117 Å². The first-order valence-corrected chi connectivity index (χ1v) is 7.38. The van der Waals surface area contributed by atoms with Gasteiger partial charge in [-0.05, 0) is 50.6 Å². The predicted molar refractivity (Wildman–Crippen MR) is 79.0 cm³/mol. The first-order chi connectivity index (χ1) is 9.10. The van der Waals surface area contributed by atoms with Crippen molar-refractivity contribution in [3.8, 4) is 10.6 Å². The van der Waals surface area contributed by atoms with Crippen molar-refractivity contribution >= 4 is 11.3 Å². The molecule has 0 saturated carbocycles. The molecule has 0 aliphatic carbocycles. The number of benzene rings is 1. The minimum atomic E-state index is -0.205. The first kappa shape index (κ1) is 14.2. The van der Waals surface area contributed by atoms with Crippen LogP contribution in [0, 0.1) is 12.7 Å². The average molecular weight is 278 g/mol. The minimum absolute atomic E-state index is 0.205. The Morgan fingerprint density at radius 2 is 2.16 bits per heavy atom. The third kappa shape index (κ3) is 3.61. The summed E-state index contributed by atoms with van der Waals surface area (Å²) in [7, 11) is 0. The van der Waals surface area contributed by atoms with Crippen LogP contribution < -0.4 is 5.32 Å². The van der Waals surface area contributed by atoms with Crippen molar-refractivity contribution < 1.29 is 4.39 Å². The number of aryl methyl sites for hydroxylation is 1. The Hall–Kier alpha value is -1.26. The van der Waals surface area contributed by atoms with E-state index in [0.29, 0.717) is 6.04 Å². The smallest absolute Gasteiger partial charge is 0.124 e. The zero-order valence-corrected chi connectivity index (χ0v) is 12.4. The van der Waals surface area contributed by atoms with Gasteiger partial charge in [0, 0.05) is 22.7 Å². The SMILES string of the molecule is CCCNC(C)c1cnc(-c2cc(C)cc(F)c2)s1. The van der Waals surface area contributed by atoms with Gasteiger partial charge in [-0.2, -0.15) is 0 Å². The fourth-order valence-electron chi connectivity index (χ4n) is 1.94. The lowest BCUT2D eigenvalue weighted by atomic mass is 10.1. The van der Waals surface area contributed by atoms with Gasteiger partial charge in [0.05, 0.1) is 0 Å². The molecule has 0 radical (unpaired) electrons. The minimum Gasteiger partial charge on any atom is -0.309 e. The highest BCUT2D eigenvalue weighted by molar-refractivity contribution is 7.15. The van der Waals surface area contributed by atoms with Crippen LogP contribution in [0.25, 0.3) is 10.6 Å². The predicted octanol–water partition coefficient (Wildman–Crippen LogP) is 4.32. The van der Waals surface area contributed by atoms with Gasteiger partial charge >= 0.3 is 0 Å². The van der Waals surface area contributed by atoms with Crippen LogP contribution in [-0.2, 0) is 0 Å². The highest BCUT2D eigenvalue weighted by Crippen LogP contribution is 2.29. The summed E-state index contributed by atoms with van der Waals surface area (Å²) in [5.41, 5.74) is 1.78. The van der Waals surface area contributed by atoms with E-state index in [9.17, 15) is 4.39 Å². The molecule has 0 saturated heterocycles. The molecule has 0 spiro atoms. The number of aromatic nitrogens is 1. The van der Waals surface area contributed by atoms with E-state index in [-0.39, 0.29) is 5.82 Å². The van der Waals surface area contributed by atoms with E-state index in [2.05, 4.69) is 24.1 Å². The van der Waals surface area contributed by atoms with Gasteiger partial charge in [-0.3, -0.25) is 0 Å². The molecule has 2 nitrogen and oxygen atoms in total. The zero-order chi connectivity index (χ0) is 13.8. The van der Waals surface area contributed by atoms with Crippen molar-refractivity contribution in [1.82, 2.24) is 10.3 Å². The molecule has 2 rings (SSSR count). The molecule has 0 bridgehead atoms. The standard InChI is InChI=1S/C15H19FN2S/c1-4-5-17-11(3)14-9-18-15(19-14)12-6-10(2)7-13(16)8-12/h6-9,11,17H,4-5H2,1-3H3. The number of halogens is 1. The van der Waals surface area contributed by atoms with Crippen LogP contribution in [0.5, 0.6) is 0 Å². The van der Waals surface area contributed by atoms with Crippen LogP contribution in [0.2, 0.25) is 0 Å². The molecule has 1 aromatic carbocycles. The van der Waals surface area contributed by atoms with Gasteiger partial charge < -0.3 is 5.32 Å². The van der Waals surface area contributed by atoms with Crippen LogP contribution in [0.4, 0.5) is 4.39 Å². The molecule has 0 amide bonds. The van der Waals surface area contributed by atoms with Crippen LogP contribution in [0.3, 0.4) is 0 Å². The molecule has 0 aliphatic rings. The Bertz CT molecular complexity index is 531. The third-order valence-electron chi connectivity index (χ3n) is 2.94. The molecule has 102 valence electrons. The average Bonchev–Trinajstić information content (AvgIpc) is 2.84. The second-order valence-electron chi connectivity index (χ2n) is 4.76. The van der Waals surface area contributed by atoms with Crippen molar-refractivity contribution in [2.75, 3.05) is 6.54 Å². The fraction of sp³-hybridized carbons (Fsp3) is 0.400. The molecule has 0 aliphatic heterocycles. The van der Waals surface area contributed by atoms with E-state index >= 15 is 0 Å². The number of thiazole rings is 1. The maximum absolute atomic E-state index is 13.4.